The fourth-order valence-corrected chi connectivity index (χ4v) is 7.91. The van der Waals surface area contributed by atoms with Gasteiger partial charge in [-0.25, -0.2) is 0 Å². The average molecular weight is 428 g/mol. The van der Waals surface area contributed by atoms with E-state index in [-0.39, 0.29) is 42.2 Å². The predicted octanol–water partition coefficient (Wildman–Crippen LogP) is 4.89. The summed E-state index contributed by atoms with van der Waals surface area (Å²) in [5, 5.41) is 0. The Morgan fingerprint density at radius 1 is 1.00 bits per heavy atom. The number of hydrogen-bond donors (Lipinski definition) is 0. The van der Waals surface area contributed by atoms with E-state index in [9.17, 15) is 27.6 Å². The maximum absolute atomic E-state index is 13.1. The molecule has 0 aromatic carbocycles. The van der Waals surface area contributed by atoms with E-state index in [1.165, 1.54) is 6.92 Å². The van der Waals surface area contributed by atoms with Crippen LogP contribution in [0.2, 0.25) is 0 Å². The Kier molecular flexibility index (Phi) is 5.13. The highest BCUT2D eigenvalue weighted by atomic mass is 19.4. The number of alkyl halides is 3. The van der Waals surface area contributed by atoms with Gasteiger partial charge in [-0.3, -0.25) is 14.4 Å². The van der Waals surface area contributed by atoms with E-state index >= 15 is 0 Å². The van der Waals surface area contributed by atoms with Crippen LogP contribution in [0.25, 0.3) is 0 Å². The normalized spacial score (nSPS) is 45.9. The molecule has 0 radical (unpaired) electrons. The van der Waals surface area contributed by atoms with E-state index in [0.717, 1.165) is 38.5 Å². The number of carbonyl (C=O) groups is 3. The minimum absolute atomic E-state index is 0.0207. The molecule has 0 aromatic heterocycles. The number of esters is 1. The van der Waals surface area contributed by atoms with Crippen molar-refractivity contribution in [3.63, 3.8) is 0 Å². The highest BCUT2D eigenvalue weighted by molar-refractivity contribution is 6.05. The molecule has 4 aliphatic carbocycles. The maximum Gasteiger partial charge on any atom is 0.450 e. The first kappa shape index (κ1) is 21.8. The molecule has 0 N–H and O–H groups in total. The standard InChI is InChI=1S/C23H31F3O4/c1-12(27)30-19-7-6-16-14-5-4-13-10-18(28)15(20(29)23(24,25)26)11-22(13,3)17(14)8-9-21(16,19)2/h13-17,19H,4-11H2,1-3H3. The molecular weight excluding hydrogens is 397 g/mol. The van der Waals surface area contributed by atoms with E-state index in [4.69, 9.17) is 4.74 Å². The molecule has 4 fully saturated rings. The van der Waals surface area contributed by atoms with Crippen LogP contribution in [0.15, 0.2) is 0 Å². The number of Topliss-reactive ketones (excluding diaryl/α,β-unsaturated/α-hetero) is 2. The van der Waals surface area contributed by atoms with Crippen molar-refractivity contribution in [2.75, 3.05) is 0 Å². The minimum atomic E-state index is -4.97. The van der Waals surface area contributed by atoms with Gasteiger partial charge in [0.2, 0.25) is 5.78 Å². The number of fused-ring (bicyclic) bond motifs is 5. The summed E-state index contributed by atoms with van der Waals surface area (Å²) in [6, 6.07) is 0. The fourth-order valence-electron chi connectivity index (χ4n) is 7.91. The number of ketones is 2. The molecule has 0 saturated heterocycles. The van der Waals surface area contributed by atoms with Crippen LogP contribution in [0.5, 0.6) is 0 Å². The van der Waals surface area contributed by atoms with Crippen LogP contribution in [0.1, 0.15) is 72.1 Å². The first-order chi connectivity index (χ1) is 13.9. The van der Waals surface area contributed by atoms with Gasteiger partial charge in [0.1, 0.15) is 11.9 Å². The number of halogens is 3. The number of carbonyl (C=O) groups excluding carboxylic acids is 3. The van der Waals surface area contributed by atoms with Gasteiger partial charge in [0, 0.05) is 18.8 Å². The molecule has 0 amide bonds. The summed E-state index contributed by atoms with van der Waals surface area (Å²) in [4.78, 5) is 36.0. The van der Waals surface area contributed by atoms with Crippen molar-refractivity contribution in [3.05, 3.63) is 0 Å². The lowest BCUT2D eigenvalue weighted by Crippen LogP contribution is -2.57. The van der Waals surface area contributed by atoms with Crippen LogP contribution in [0, 0.1) is 40.4 Å². The summed E-state index contributed by atoms with van der Waals surface area (Å²) in [6.07, 6.45) is 0.332. The first-order valence-corrected chi connectivity index (χ1v) is 11.2. The molecule has 0 aliphatic heterocycles. The summed E-state index contributed by atoms with van der Waals surface area (Å²) in [5.41, 5.74) is -0.523. The second kappa shape index (κ2) is 7.06. The van der Waals surface area contributed by atoms with Crippen LogP contribution in [-0.4, -0.2) is 29.8 Å². The van der Waals surface area contributed by atoms with Crippen LogP contribution < -0.4 is 0 Å². The molecule has 30 heavy (non-hydrogen) atoms. The van der Waals surface area contributed by atoms with Gasteiger partial charge >= 0.3 is 12.1 Å². The van der Waals surface area contributed by atoms with E-state index < -0.39 is 29.1 Å². The molecular formula is C23H31F3O4. The highest BCUT2D eigenvalue weighted by Crippen LogP contribution is 2.66. The molecule has 0 spiro atoms. The summed E-state index contributed by atoms with van der Waals surface area (Å²) in [5.74, 6) is -3.23. The third-order valence-corrected chi connectivity index (χ3v) is 9.36. The molecule has 8 unspecified atom stereocenters. The summed E-state index contributed by atoms with van der Waals surface area (Å²) in [6.45, 7) is 5.66. The quantitative estimate of drug-likeness (QED) is 0.464. The Labute approximate surface area is 175 Å². The molecule has 4 saturated carbocycles. The summed E-state index contributed by atoms with van der Waals surface area (Å²) >= 11 is 0. The second-order valence-corrected chi connectivity index (χ2v) is 10.7. The van der Waals surface area contributed by atoms with Gasteiger partial charge in [0.25, 0.3) is 0 Å². The van der Waals surface area contributed by atoms with Crippen LogP contribution in [0.4, 0.5) is 13.2 Å². The lowest BCUT2D eigenvalue weighted by atomic mass is 9.44. The number of hydrogen-bond acceptors (Lipinski definition) is 4. The third kappa shape index (κ3) is 3.22. The summed E-state index contributed by atoms with van der Waals surface area (Å²) < 4.78 is 45.0. The molecule has 168 valence electrons. The summed E-state index contributed by atoms with van der Waals surface area (Å²) in [7, 11) is 0. The zero-order valence-corrected chi connectivity index (χ0v) is 17.9. The van der Waals surface area contributed by atoms with Crippen LogP contribution >= 0.6 is 0 Å². The van der Waals surface area contributed by atoms with Crippen molar-refractivity contribution < 1.29 is 32.3 Å². The fraction of sp³-hybridized carbons (Fsp3) is 0.870. The first-order valence-electron chi connectivity index (χ1n) is 11.2. The highest BCUT2D eigenvalue weighted by Gasteiger charge is 2.63. The SMILES string of the molecule is CC(=O)OC1CCC2C3CCC4CC(=O)C(C(=O)C(F)(F)F)CC4(C)C3CCC12C. The van der Waals surface area contributed by atoms with E-state index in [2.05, 4.69) is 6.92 Å². The topological polar surface area (TPSA) is 60.4 Å². The molecule has 8 atom stereocenters. The molecule has 0 bridgehead atoms. The van der Waals surface area contributed by atoms with E-state index in [1.807, 2.05) is 6.92 Å². The third-order valence-electron chi connectivity index (χ3n) is 9.36. The van der Waals surface area contributed by atoms with Gasteiger partial charge < -0.3 is 4.74 Å². The van der Waals surface area contributed by atoms with Gasteiger partial charge in [0.05, 0.1) is 5.92 Å². The lowest BCUT2D eigenvalue weighted by molar-refractivity contribution is -0.185. The minimum Gasteiger partial charge on any atom is -0.462 e. The Morgan fingerprint density at radius 2 is 1.67 bits per heavy atom. The molecule has 0 heterocycles. The monoisotopic (exact) mass is 428 g/mol. The Balaban J connectivity index is 1.60. The van der Waals surface area contributed by atoms with Gasteiger partial charge in [-0.2, -0.15) is 13.2 Å². The number of rotatable bonds is 2. The van der Waals surface area contributed by atoms with Crippen LogP contribution in [-0.2, 0) is 19.1 Å². The number of ether oxygens (including phenoxy) is 1. The van der Waals surface area contributed by atoms with Crippen molar-refractivity contribution in [3.8, 4) is 0 Å². The van der Waals surface area contributed by atoms with Gasteiger partial charge in [0.15, 0.2) is 0 Å². The van der Waals surface area contributed by atoms with Crippen molar-refractivity contribution in [2.45, 2.75) is 84.4 Å². The second-order valence-electron chi connectivity index (χ2n) is 10.7. The zero-order chi connectivity index (χ0) is 22.1. The largest absolute Gasteiger partial charge is 0.462 e. The van der Waals surface area contributed by atoms with Crippen LogP contribution in [0.3, 0.4) is 0 Å². The molecule has 7 heteroatoms. The molecule has 4 aliphatic rings. The molecule has 4 rings (SSSR count). The van der Waals surface area contributed by atoms with Gasteiger partial charge in [-0.05, 0) is 74.0 Å². The zero-order valence-electron chi connectivity index (χ0n) is 17.9. The van der Waals surface area contributed by atoms with E-state index in [1.54, 1.807) is 0 Å². The van der Waals surface area contributed by atoms with Crippen molar-refractivity contribution in [2.24, 2.45) is 40.4 Å². The van der Waals surface area contributed by atoms with Crippen molar-refractivity contribution >= 4 is 17.5 Å². The van der Waals surface area contributed by atoms with Gasteiger partial charge in [-0.1, -0.05) is 13.8 Å². The van der Waals surface area contributed by atoms with Crippen molar-refractivity contribution in [1.82, 2.24) is 0 Å². The Morgan fingerprint density at radius 3 is 2.30 bits per heavy atom. The van der Waals surface area contributed by atoms with Gasteiger partial charge in [-0.15, -0.1) is 0 Å². The predicted molar refractivity (Wildman–Crippen MR) is 102 cm³/mol. The van der Waals surface area contributed by atoms with Crippen molar-refractivity contribution in [1.29, 1.82) is 0 Å². The Hall–Kier alpha value is -1.40. The smallest absolute Gasteiger partial charge is 0.450 e. The molecule has 0 aromatic rings. The maximum atomic E-state index is 13.1. The Bertz CT molecular complexity index is 762. The lowest BCUT2D eigenvalue weighted by Gasteiger charge is -2.60. The van der Waals surface area contributed by atoms with E-state index in [0.29, 0.717) is 11.8 Å². The molecule has 4 nitrogen and oxygen atoms in total. The average Bonchev–Trinajstić information content (AvgIpc) is 2.96.